The fraction of sp³-hybridized carbons (Fsp3) is 0.273. The summed E-state index contributed by atoms with van der Waals surface area (Å²) in [5.74, 6) is -0.0399. The second-order valence-electron chi connectivity index (χ2n) is 3.19. The second kappa shape index (κ2) is 5.01. The standard InChI is InChI=1S/C11H13N3O/c1-13-11(15)8-14(2)10-5-3-9(7-12)4-6-10/h3-6H,8H2,1-2H3,(H,13,15). The third kappa shape index (κ3) is 2.99. The first kappa shape index (κ1) is 11.1. The minimum atomic E-state index is -0.0399. The van der Waals surface area contributed by atoms with Crippen LogP contribution in [0.5, 0.6) is 0 Å². The Hall–Kier alpha value is -2.02. The van der Waals surface area contributed by atoms with Gasteiger partial charge in [-0.05, 0) is 24.3 Å². The molecule has 1 aromatic carbocycles. The van der Waals surface area contributed by atoms with Crippen LogP contribution in [0.4, 0.5) is 5.69 Å². The summed E-state index contributed by atoms with van der Waals surface area (Å²) in [5.41, 5.74) is 1.53. The summed E-state index contributed by atoms with van der Waals surface area (Å²) in [6.07, 6.45) is 0. The van der Waals surface area contributed by atoms with Gasteiger partial charge in [0.25, 0.3) is 0 Å². The number of hydrogen-bond donors (Lipinski definition) is 1. The highest BCUT2D eigenvalue weighted by molar-refractivity contribution is 5.80. The van der Waals surface area contributed by atoms with Crippen LogP contribution in [-0.2, 0) is 4.79 Å². The number of amides is 1. The molecule has 0 heterocycles. The van der Waals surface area contributed by atoms with Gasteiger partial charge in [-0.15, -0.1) is 0 Å². The molecule has 0 fully saturated rings. The topological polar surface area (TPSA) is 56.1 Å². The summed E-state index contributed by atoms with van der Waals surface area (Å²) in [4.78, 5) is 12.9. The van der Waals surface area contributed by atoms with Crippen LogP contribution in [-0.4, -0.2) is 26.5 Å². The number of nitriles is 1. The van der Waals surface area contributed by atoms with E-state index in [2.05, 4.69) is 5.32 Å². The molecule has 0 atom stereocenters. The Morgan fingerprint density at radius 3 is 2.53 bits per heavy atom. The zero-order valence-electron chi connectivity index (χ0n) is 8.82. The summed E-state index contributed by atoms with van der Waals surface area (Å²) in [7, 11) is 3.44. The van der Waals surface area contributed by atoms with Gasteiger partial charge in [-0.1, -0.05) is 0 Å². The summed E-state index contributed by atoms with van der Waals surface area (Å²) < 4.78 is 0. The van der Waals surface area contributed by atoms with Crippen molar-refractivity contribution in [2.75, 3.05) is 25.5 Å². The van der Waals surface area contributed by atoms with E-state index in [0.29, 0.717) is 12.1 Å². The first-order chi connectivity index (χ1) is 7.17. The summed E-state index contributed by atoms with van der Waals surface area (Å²) in [6.45, 7) is 0.308. The predicted molar refractivity (Wildman–Crippen MR) is 58.5 cm³/mol. The Bertz CT molecular complexity index is 378. The van der Waals surface area contributed by atoms with Crippen LogP contribution >= 0.6 is 0 Å². The molecule has 0 aliphatic carbocycles. The average molecular weight is 203 g/mol. The summed E-state index contributed by atoms with van der Waals surface area (Å²) in [6, 6.07) is 9.15. The van der Waals surface area contributed by atoms with Gasteiger partial charge in [0.05, 0.1) is 18.2 Å². The minimum Gasteiger partial charge on any atom is -0.365 e. The van der Waals surface area contributed by atoms with Gasteiger partial charge in [0, 0.05) is 19.8 Å². The molecule has 0 unspecified atom stereocenters. The van der Waals surface area contributed by atoms with Gasteiger partial charge >= 0.3 is 0 Å². The third-order valence-corrected chi connectivity index (χ3v) is 2.10. The Labute approximate surface area is 89.1 Å². The quantitative estimate of drug-likeness (QED) is 0.788. The molecule has 0 radical (unpaired) electrons. The summed E-state index contributed by atoms with van der Waals surface area (Å²) >= 11 is 0. The zero-order valence-corrected chi connectivity index (χ0v) is 8.82. The lowest BCUT2D eigenvalue weighted by atomic mass is 10.2. The van der Waals surface area contributed by atoms with Crippen molar-refractivity contribution in [2.24, 2.45) is 0 Å². The highest BCUT2D eigenvalue weighted by Gasteiger charge is 2.05. The van der Waals surface area contributed by atoms with E-state index in [1.165, 1.54) is 0 Å². The lowest BCUT2D eigenvalue weighted by Gasteiger charge is -2.17. The van der Waals surface area contributed by atoms with E-state index in [1.807, 2.05) is 30.1 Å². The molecule has 78 valence electrons. The lowest BCUT2D eigenvalue weighted by molar-refractivity contribution is -0.119. The van der Waals surface area contributed by atoms with Crippen molar-refractivity contribution in [1.82, 2.24) is 5.32 Å². The van der Waals surface area contributed by atoms with E-state index in [0.717, 1.165) is 5.69 Å². The number of benzene rings is 1. The van der Waals surface area contributed by atoms with Crippen LogP contribution in [0.2, 0.25) is 0 Å². The Morgan fingerprint density at radius 2 is 2.07 bits per heavy atom. The van der Waals surface area contributed by atoms with Gasteiger partial charge in [-0.2, -0.15) is 5.26 Å². The highest BCUT2D eigenvalue weighted by Crippen LogP contribution is 2.12. The fourth-order valence-electron chi connectivity index (χ4n) is 1.18. The van der Waals surface area contributed by atoms with Crippen LogP contribution in [0, 0.1) is 11.3 Å². The maximum Gasteiger partial charge on any atom is 0.239 e. The van der Waals surface area contributed by atoms with Crippen molar-refractivity contribution in [2.45, 2.75) is 0 Å². The lowest BCUT2D eigenvalue weighted by Crippen LogP contribution is -2.32. The molecule has 0 saturated carbocycles. The van der Waals surface area contributed by atoms with E-state index in [1.54, 1.807) is 19.2 Å². The number of nitrogens with zero attached hydrogens (tertiary/aromatic N) is 2. The van der Waals surface area contributed by atoms with E-state index >= 15 is 0 Å². The molecule has 0 aromatic heterocycles. The minimum absolute atomic E-state index is 0.0399. The Balaban J connectivity index is 2.70. The number of nitrogens with one attached hydrogen (secondary N) is 1. The van der Waals surface area contributed by atoms with Gasteiger partial charge < -0.3 is 10.2 Å². The van der Waals surface area contributed by atoms with Crippen molar-refractivity contribution >= 4 is 11.6 Å². The molecule has 1 amide bonds. The van der Waals surface area contributed by atoms with Crippen molar-refractivity contribution in [3.05, 3.63) is 29.8 Å². The number of carbonyl (C=O) groups excluding carboxylic acids is 1. The number of rotatable bonds is 3. The molecule has 1 rings (SSSR count). The maximum absolute atomic E-state index is 11.1. The van der Waals surface area contributed by atoms with Gasteiger partial charge in [-0.25, -0.2) is 0 Å². The Kier molecular flexibility index (Phi) is 3.69. The molecular formula is C11H13N3O. The van der Waals surface area contributed by atoms with Crippen LogP contribution in [0.1, 0.15) is 5.56 Å². The van der Waals surface area contributed by atoms with Crippen LogP contribution in [0.25, 0.3) is 0 Å². The first-order valence-corrected chi connectivity index (χ1v) is 4.59. The van der Waals surface area contributed by atoms with Gasteiger partial charge in [0.1, 0.15) is 0 Å². The molecule has 0 saturated heterocycles. The summed E-state index contributed by atoms with van der Waals surface area (Å²) in [5, 5.41) is 11.2. The fourth-order valence-corrected chi connectivity index (χ4v) is 1.18. The number of likely N-dealkylation sites (N-methyl/N-ethyl adjacent to an activating group) is 2. The monoisotopic (exact) mass is 203 g/mol. The van der Waals surface area contributed by atoms with Crippen molar-refractivity contribution < 1.29 is 4.79 Å². The van der Waals surface area contributed by atoms with Crippen LogP contribution < -0.4 is 10.2 Å². The molecule has 0 spiro atoms. The van der Waals surface area contributed by atoms with Crippen molar-refractivity contribution in [1.29, 1.82) is 5.26 Å². The molecule has 0 aliphatic heterocycles. The largest absolute Gasteiger partial charge is 0.365 e. The maximum atomic E-state index is 11.1. The number of anilines is 1. The molecule has 0 bridgehead atoms. The van der Waals surface area contributed by atoms with E-state index in [9.17, 15) is 4.79 Å². The van der Waals surface area contributed by atoms with Gasteiger partial charge in [0.15, 0.2) is 0 Å². The molecule has 1 N–H and O–H groups in total. The molecular weight excluding hydrogens is 190 g/mol. The smallest absolute Gasteiger partial charge is 0.239 e. The molecule has 15 heavy (non-hydrogen) atoms. The number of hydrogen-bond acceptors (Lipinski definition) is 3. The molecule has 4 nitrogen and oxygen atoms in total. The van der Waals surface area contributed by atoms with E-state index in [4.69, 9.17) is 5.26 Å². The second-order valence-corrected chi connectivity index (χ2v) is 3.19. The predicted octanol–water partition coefficient (Wildman–Crippen LogP) is 0.740. The average Bonchev–Trinajstić information content (AvgIpc) is 2.29. The zero-order chi connectivity index (χ0) is 11.3. The SMILES string of the molecule is CNC(=O)CN(C)c1ccc(C#N)cc1. The third-order valence-electron chi connectivity index (χ3n) is 2.10. The Morgan fingerprint density at radius 1 is 1.47 bits per heavy atom. The molecule has 0 aliphatic rings. The van der Waals surface area contributed by atoms with E-state index in [-0.39, 0.29) is 5.91 Å². The highest BCUT2D eigenvalue weighted by atomic mass is 16.1. The molecule has 4 heteroatoms. The van der Waals surface area contributed by atoms with Crippen LogP contribution in [0.15, 0.2) is 24.3 Å². The normalized spacial score (nSPS) is 9.13. The number of carbonyl (C=O) groups is 1. The first-order valence-electron chi connectivity index (χ1n) is 4.59. The van der Waals surface area contributed by atoms with Gasteiger partial charge in [0.2, 0.25) is 5.91 Å². The van der Waals surface area contributed by atoms with Gasteiger partial charge in [-0.3, -0.25) is 4.79 Å². The van der Waals surface area contributed by atoms with Crippen molar-refractivity contribution in [3.63, 3.8) is 0 Å². The van der Waals surface area contributed by atoms with E-state index < -0.39 is 0 Å². The van der Waals surface area contributed by atoms with Crippen molar-refractivity contribution in [3.8, 4) is 6.07 Å². The molecule has 1 aromatic rings. The van der Waals surface area contributed by atoms with Crippen LogP contribution in [0.3, 0.4) is 0 Å².